The maximum Gasteiger partial charge on any atom is 0.555 e. The van der Waals surface area contributed by atoms with Crippen molar-refractivity contribution in [3.8, 4) is 11.8 Å². The Kier molecular flexibility index (Phi) is 5.30. The number of hydrogen-bond donors (Lipinski definition) is 4. The molecule has 2 aliphatic rings. The van der Waals surface area contributed by atoms with Crippen molar-refractivity contribution in [3.05, 3.63) is 41.0 Å². The summed E-state index contributed by atoms with van der Waals surface area (Å²) in [7, 11) is -0.943. The van der Waals surface area contributed by atoms with Crippen LogP contribution in [0, 0.1) is 17.2 Å². The lowest BCUT2D eigenvalue weighted by Gasteiger charge is -2.27. The van der Waals surface area contributed by atoms with Gasteiger partial charge in [-0.2, -0.15) is 10.4 Å². The number of fused-ring (bicyclic) bond motifs is 1. The summed E-state index contributed by atoms with van der Waals surface area (Å²) in [5.41, 5.74) is 8.39. The summed E-state index contributed by atoms with van der Waals surface area (Å²) in [4.78, 5) is 0. The molecule has 1 aromatic heterocycles. The molecular formula is C19H22BN5O4. The average molecular weight is 395 g/mol. The molecule has 2 aliphatic heterocycles. The second-order valence-corrected chi connectivity index (χ2v) is 7.26. The summed E-state index contributed by atoms with van der Waals surface area (Å²) in [6.07, 6.45) is 2.91. The first-order valence-electron chi connectivity index (χ1n) is 9.40. The Morgan fingerprint density at radius 2 is 2.31 bits per heavy atom. The minimum Gasteiger partial charge on any atom is -0.532 e. The smallest absolute Gasteiger partial charge is 0.532 e. The molecule has 3 atom stereocenters. The zero-order valence-corrected chi connectivity index (χ0v) is 15.9. The topological polar surface area (TPSA) is 139 Å². The maximum atomic E-state index is 10.0. The largest absolute Gasteiger partial charge is 0.555 e. The second-order valence-electron chi connectivity index (χ2n) is 7.26. The Hall–Kier alpha value is -2.84. The van der Waals surface area contributed by atoms with Crippen LogP contribution in [-0.2, 0) is 4.74 Å². The number of ether oxygens (including phenoxy) is 1. The molecule has 4 rings (SSSR count). The van der Waals surface area contributed by atoms with Crippen LogP contribution in [0.25, 0.3) is 6.08 Å². The van der Waals surface area contributed by atoms with Crippen LogP contribution in [0.4, 0.5) is 11.5 Å². The van der Waals surface area contributed by atoms with Gasteiger partial charge in [-0.15, -0.1) is 0 Å². The number of benzene rings is 1. The SMILES string of the molecule is CC1=Cc2cc(Nc3nn([C@H]4COCC[C@@H]4C#N)cc3C(N)O)ccc2OB1O. The minimum atomic E-state index is -1.23. The Balaban J connectivity index is 1.63. The van der Waals surface area contributed by atoms with E-state index < -0.39 is 13.3 Å². The van der Waals surface area contributed by atoms with E-state index >= 15 is 0 Å². The zero-order chi connectivity index (χ0) is 20.5. The Labute approximate surface area is 168 Å². The van der Waals surface area contributed by atoms with Crippen molar-refractivity contribution in [1.82, 2.24) is 9.78 Å². The number of nitrogens with two attached hydrogens (primary N) is 1. The van der Waals surface area contributed by atoms with Crippen LogP contribution in [0.1, 0.15) is 36.7 Å². The Morgan fingerprint density at radius 3 is 3.07 bits per heavy atom. The number of aliphatic hydroxyl groups is 1. The highest BCUT2D eigenvalue weighted by molar-refractivity contribution is 6.54. The summed E-state index contributed by atoms with van der Waals surface area (Å²) in [6, 6.07) is 7.46. The molecule has 10 heteroatoms. The summed E-state index contributed by atoms with van der Waals surface area (Å²) in [5.74, 6) is 0.758. The molecule has 0 saturated carbocycles. The highest BCUT2D eigenvalue weighted by atomic mass is 16.5. The lowest BCUT2D eigenvalue weighted by Crippen LogP contribution is -2.29. The standard InChI is InChI=1S/C19H22BN5O4/c1-11-6-13-7-14(2-3-17(13)29-20(11)27)23-19-15(18(22)26)9-25(24-19)16-10-28-5-4-12(16)8-21/h2-3,6-7,9,12,16,18,26-27H,4-5,10,22H2,1H3,(H,23,24)/t12-,16+,18?/m1/s1. The number of nitrogens with one attached hydrogen (secondary N) is 1. The molecule has 1 unspecified atom stereocenters. The molecule has 3 heterocycles. The fraction of sp³-hybridized carbons (Fsp3) is 0.368. The van der Waals surface area contributed by atoms with Crippen molar-refractivity contribution in [1.29, 1.82) is 5.26 Å². The van der Waals surface area contributed by atoms with Gasteiger partial charge < -0.3 is 30.6 Å². The van der Waals surface area contributed by atoms with E-state index in [-0.39, 0.29) is 12.0 Å². The molecular weight excluding hydrogens is 373 g/mol. The number of allylic oxidation sites excluding steroid dienone is 1. The van der Waals surface area contributed by atoms with E-state index in [1.807, 2.05) is 12.1 Å². The first kappa shape index (κ1) is 19.5. The average Bonchev–Trinajstić information content (AvgIpc) is 3.13. The molecule has 0 radical (unpaired) electrons. The summed E-state index contributed by atoms with van der Waals surface area (Å²) >= 11 is 0. The van der Waals surface area contributed by atoms with Crippen molar-refractivity contribution in [3.63, 3.8) is 0 Å². The summed E-state index contributed by atoms with van der Waals surface area (Å²) in [6.45, 7) is 2.71. The molecule has 1 aromatic carbocycles. The van der Waals surface area contributed by atoms with Gasteiger partial charge in [-0.1, -0.05) is 6.08 Å². The predicted molar refractivity (Wildman–Crippen MR) is 107 cm³/mol. The lowest BCUT2D eigenvalue weighted by molar-refractivity contribution is 0.0341. The molecule has 0 bridgehead atoms. The van der Waals surface area contributed by atoms with Gasteiger partial charge in [-0.3, -0.25) is 4.68 Å². The van der Waals surface area contributed by atoms with Crippen LogP contribution in [0.3, 0.4) is 0 Å². The van der Waals surface area contributed by atoms with Gasteiger partial charge in [-0.05, 0) is 37.0 Å². The van der Waals surface area contributed by atoms with Gasteiger partial charge in [0.2, 0.25) is 0 Å². The van der Waals surface area contributed by atoms with Gasteiger partial charge in [0.25, 0.3) is 0 Å². The number of anilines is 2. The van der Waals surface area contributed by atoms with Crippen molar-refractivity contribution >= 4 is 24.7 Å². The molecule has 0 aliphatic carbocycles. The zero-order valence-electron chi connectivity index (χ0n) is 15.9. The van der Waals surface area contributed by atoms with Crippen molar-refractivity contribution < 1.29 is 19.5 Å². The van der Waals surface area contributed by atoms with E-state index in [0.29, 0.717) is 42.2 Å². The first-order valence-corrected chi connectivity index (χ1v) is 9.40. The van der Waals surface area contributed by atoms with E-state index in [9.17, 15) is 15.4 Å². The molecule has 0 amide bonds. The fourth-order valence-electron chi connectivity index (χ4n) is 3.54. The number of nitriles is 1. The maximum absolute atomic E-state index is 10.0. The van der Waals surface area contributed by atoms with Gasteiger partial charge in [0.05, 0.1) is 30.2 Å². The highest BCUT2D eigenvalue weighted by Gasteiger charge is 2.30. The highest BCUT2D eigenvalue weighted by Crippen LogP contribution is 2.33. The number of aromatic nitrogens is 2. The third kappa shape index (κ3) is 3.86. The third-order valence-corrected chi connectivity index (χ3v) is 5.19. The molecule has 2 aromatic rings. The van der Waals surface area contributed by atoms with Crippen LogP contribution in [-0.4, -0.2) is 40.2 Å². The Bertz CT molecular complexity index is 983. The van der Waals surface area contributed by atoms with Crippen molar-refractivity contribution in [2.75, 3.05) is 18.5 Å². The van der Waals surface area contributed by atoms with E-state index in [0.717, 1.165) is 11.3 Å². The van der Waals surface area contributed by atoms with E-state index in [1.54, 1.807) is 29.9 Å². The number of nitrogens with zero attached hydrogens (tertiary/aromatic N) is 3. The third-order valence-electron chi connectivity index (χ3n) is 5.19. The minimum absolute atomic E-state index is 0.222. The molecule has 9 nitrogen and oxygen atoms in total. The Morgan fingerprint density at radius 1 is 1.48 bits per heavy atom. The summed E-state index contributed by atoms with van der Waals surface area (Å²) < 4.78 is 12.6. The predicted octanol–water partition coefficient (Wildman–Crippen LogP) is 1.49. The molecule has 0 spiro atoms. The number of rotatable bonds is 4. The molecule has 29 heavy (non-hydrogen) atoms. The van der Waals surface area contributed by atoms with Crippen LogP contribution < -0.4 is 15.7 Å². The van der Waals surface area contributed by atoms with E-state index in [4.69, 9.17) is 15.1 Å². The van der Waals surface area contributed by atoms with Gasteiger partial charge in [0.15, 0.2) is 5.82 Å². The number of aliphatic hydroxyl groups excluding tert-OH is 1. The first-order chi connectivity index (χ1) is 14.0. The molecule has 150 valence electrons. The molecule has 1 saturated heterocycles. The summed E-state index contributed by atoms with van der Waals surface area (Å²) in [5, 5.41) is 36.9. The van der Waals surface area contributed by atoms with E-state index in [2.05, 4.69) is 16.5 Å². The van der Waals surface area contributed by atoms with Crippen LogP contribution in [0.15, 0.2) is 29.9 Å². The fourth-order valence-corrected chi connectivity index (χ4v) is 3.54. The van der Waals surface area contributed by atoms with Crippen molar-refractivity contribution in [2.45, 2.75) is 25.6 Å². The van der Waals surface area contributed by atoms with Crippen LogP contribution in [0.2, 0.25) is 0 Å². The van der Waals surface area contributed by atoms with Crippen LogP contribution >= 0.6 is 0 Å². The van der Waals surface area contributed by atoms with Crippen LogP contribution in [0.5, 0.6) is 5.75 Å². The quantitative estimate of drug-likeness (QED) is 0.451. The second kappa shape index (κ2) is 7.89. The normalized spacial score (nSPS) is 22.2. The lowest BCUT2D eigenvalue weighted by atomic mass is 9.76. The van der Waals surface area contributed by atoms with Crippen molar-refractivity contribution in [2.24, 2.45) is 11.7 Å². The van der Waals surface area contributed by atoms with Gasteiger partial charge >= 0.3 is 7.12 Å². The molecule has 1 fully saturated rings. The number of hydrogen-bond acceptors (Lipinski definition) is 8. The van der Waals surface area contributed by atoms with Gasteiger partial charge in [0.1, 0.15) is 12.0 Å². The van der Waals surface area contributed by atoms with E-state index in [1.165, 1.54) is 0 Å². The van der Waals surface area contributed by atoms with Gasteiger partial charge in [-0.25, -0.2) is 0 Å². The monoisotopic (exact) mass is 395 g/mol. The van der Waals surface area contributed by atoms with Gasteiger partial charge in [0, 0.05) is 24.1 Å². The molecule has 5 N–H and O–H groups in total.